The summed E-state index contributed by atoms with van der Waals surface area (Å²) in [7, 11) is 1.91. The van der Waals surface area contributed by atoms with Gasteiger partial charge in [0, 0.05) is 11.1 Å². The highest BCUT2D eigenvalue weighted by Gasteiger charge is 2.17. The highest BCUT2D eigenvalue weighted by atomic mass is 35.5. The Morgan fingerprint density at radius 2 is 2.16 bits per heavy atom. The van der Waals surface area contributed by atoms with Gasteiger partial charge in [-0.15, -0.1) is 11.3 Å². The highest BCUT2D eigenvalue weighted by molar-refractivity contribution is 7.10. The number of nitrogens with zero attached hydrogens (tertiary/aromatic N) is 1. The van der Waals surface area contributed by atoms with Gasteiger partial charge in [0.15, 0.2) is 0 Å². The SMILES string of the molecule is CNC(c1cncc(OC(C)C)c1)c1sccc1Cl. The molecule has 2 rings (SSSR count). The molecule has 0 aliphatic carbocycles. The Morgan fingerprint density at radius 3 is 2.74 bits per heavy atom. The lowest BCUT2D eigenvalue weighted by atomic mass is 10.1. The highest BCUT2D eigenvalue weighted by Crippen LogP contribution is 2.33. The first-order chi connectivity index (χ1) is 9.11. The maximum atomic E-state index is 6.21. The van der Waals surface area contributed by atoms with Gasteiger partial charge in [0.05, 0.1) is 23.4 Å². The van der Waals surface area contributed by atoms with E-state index in [1.165, 1.54) is 0 Å². The Hall–Kier alpha value is -1.10. The Kier molecular flexibility index (Phi) is 4.80. The summed E-state index contributed by atoms with van der Waals surface area (Å²) in [5.74, 6) is 0.778. The maximum Gasteiger partial charge on any atom is 0.138 e. The van der Waals surface area contributed by atoms with Crippen LogP contribution in [0.2, 0.25) is 5.02 Å². The molecule has 0 saturated carbocycles. The van der Waals surface area contributed by atoms with Crippen LogP contribution in [0, 0.1) is 0 Å². The standard InChI is InChI=1S/C14H17ClN2OS/c1-9(2)18-11-6-10(7-17-8-11)13(16-3)14-12(15)4-5-19-14/h4-9,13,16H,1-3H3. The Labute approximate surface area is 122 Å². The number of nitrogens with one attached hydrogen (secondary N) is 1. The van der Waals surface area contributed by atoms with Crippen molar-refractivity contribution in [1.82, 2.24) is 10.3 Å². The monoisotopic (exact) mass is 296 g/mol. The molecule has 0 radical (unpaired) electrons. The molecule has 19 heavy (non-hydrogen) atoms. The molecule has 0 aliphatic heterocycles. The van der Waals surface area contributed by atoms with Gasteiger partial charge in [-0.1, -0.05) is 11.6 Å². The molecule has 5 heteroatoms. The van der Waals surface area contributed by atoms with Gasteiger partial charge in [-0.2, -0.15) is 0 Å². The minimum absolute atomic E-state index is 0.0377. The molecule has 1 N–H and O–H groups in total. The van der Waals surface area contributed by atoms with Crippen LogP contribution in [0.25, 0.3) is 0 Å². The summed E-state index contributed by atoms with van der Waals surface area (Å²) in [6, 6.07) is 3.95. The predicted molar refractivity (Wildman–Crippen MR) is 80.2 cm³/mol. The molecular weight excluding hydrogens is 280 g/mol. The summed E-state index contributed by atoms with van der Waals surface area (Å²) in [6.07, 6.45) is 3.70. The molecule has 1 atom stereocenters. The number of thiophene rings is 1. The van der Waals surface area contributed by atoms with E-state index in [1.54, 1.807) is 17.5 Å². The summed E-state index contributed by atoms with van der Waals surface area (Å²) in [5, 5.41) is 6.04. The summed E-state index contributed by atoms with van der Waals surface area (Å²) in [5.41, 5.74) is 1.05. The van der Waals surface area contributed by atoms with Gasteiger partial charge in [0.25, 0.3) is 0 Å². The van der Waals surface area contributed by atoms with E-state index < -0.39 is 0 Å². The second-order valence-electron chi connectivity index (χ2n) is 4.48. The molecule has 0 saturated heterocycles. The summed E-state index contributed by atoms with van der Waals surface area (Å²) in [4.78, 5) is 5.33. The van der Waals surface area contributed by atoms with E-state index >= 15 is 0 Å². The summed E-state index contributed by atoms with van der Waals surface area (Å²) < 4.78 is 5.68. The third-order valence-electron chi connectivity index (χ3n) is 2.64. The molecule has 2 aromatic rings. The molecule has 0 spiro atoms. The fraction of sp³-hybridized carbons (Fsp3) is 0.357. The van der Waals surface area contributed by atoms with Crippen LogP contribution < -0.4 is 10.1 Å². The molecule has 2 heterocycles. The third kappa shape index (κ3) is 3.47. The molecule has 102 valence electrons. The van der Waals surface area contributed by atoms with Gasteiger partial charge in [0.2, 0.25) is 0 Å². The normalized spacial score (nSPS) is 12.7. The first kappa shape index (κ1) is 14.3. The number of pyridine rings is 1. The number of rotatable bonds is 5. The minimum Gasteiger partial charge on any atom is -0.489 e. The van der Waals surface area contributed by atoms with Gasteiger partial charge in [-0.05, 0) is 44.0 Å². The van der Waals surface area contributed by atoms with Crippen molar-refractivity contribution < 1.29 is 4.74 Å². The van der Waals surface area contributed by atoms with Crippen LogP contribution in [-0.4, -0.2) is 18.1 Å². The number of hydrogen-bond acceptors (Lipinski definition) is 4. The van der Waals surface area contributed by atoms with Crippen LogP contribution in [0.15, 0.2) is 29.9 Å². The quantitative estimate of drug-likeness (QED) is 0.909. The van der Waals surface area contributed by atoms with E-state index in [0.717, 1.165) is 21.2 Å². The Bertz CT molecular complexity index is 542. The molecule has 0 aliphatic rings. The number of aromatic nitrogens is 1. The smallest absolute Gasteiger partial charge is 0.138 e. The summed E-state index contributed by atoms with van der Waals surface area (Å²) >= 11 is 7.84. The lowest BCUT2D eigenvalue weighted by Gasteiger charge is -2.17. The number of ether oxygens (including phenoxy) is 1. The minimum atomic E-state index is 0.0377. The first-order valence-electron chi connectivity index (χ1n) is 6.13. The molecule has 1 unspecified atom stereocenters. The van der Waals surface area contributed by atoms with Crippen LogP contribution in [0.4, 0.5) is 0 Å². The van der Waals surface area contributed by atoms with E-state index in [0.29, 0.717) is 0 Å². The average Bonchev–Trinajstić information content (AvgIpc) is 2.77. The van der Waals surface area contributed by atoms with Crippen LogP contribution in [0.1, 0.15) is 30.3 Å². The van der Waals surface area contributed by atoms with Crippen LogP contribution in [0.5, 0.6) is 5.75 Å². The number of hydrogen-bond donors (Lipinski definition) is 1. The zero-order valence-electron chi connectivity index (χ0n) is 11.2. The van der Waals surface area contributed by atoms with E-state index in [4.69, 9.17) is 16.3 Å². The van der Waals surface area contributed by atoms with E-state index in [-0.39, 0.29) is 12.1 Å². The molecule has 0 bridgehead atoms. The molecule has 0 amide bonds. The summed E-state index contributed by atoms with van der Waals surface area (Å²) in [6.45, 7) is 4.00. The first-order valence-corrected chi connectivity index (χ1v) is 7.39. The van der Waals surface area contributed by atoms with Crippen molar-refractivity contribution in [3.8, 4) is 5.75 Å². The van der Waals surface area contributed by atoms with Crippen molar-refractivity contribution in [3.05, 3.63) is 45.4 Å². The van der Waals surface area contributed by atoms with Gasteiger partial charge >= 0.3 is 0 Å². The van der Waals surface area contributed by atoms with Crippen LogP contribution in [-0.2, 0) is 0 Å². The van der Waals surface area contributed by atoms with Gasteiger partial charge < -0.3 is 10.1 Å². The van der Waals surface area contributed by atoms with Crippen molar-refractivity contribution in [1.29, 1.82) is 0 Å². The Balaban J connectivity index is 2.31. The number of halogens is 1. The van der Waals surface area contributed by atoms with Crippen molar-refractivity contribution in [2.75, 3.05) is 7.05 Å². The lowest BCUT2D eigenvalue weighted by Crippen LogP contribution is -2.17. The second kappa shape index (κ2) is 6.37. The van der Waals surface area contributed by atoms with E-state index in [2.05, 4.69) is 10.3 Å². The maximum absolute atomic E-state index is 6.21. The molecule has 0 fully saturated rings. The molecule has 0 aromatic carbocycles. The third-order valence-corrected chi connectivity index (χ3v) is 4.06. The van der Waals surface area contributed by atoms with E-state index in [1.807, 2.05) is 44.6 Å². The fourth-order valence-electron chi connectivity index (χ4n) is 1.89. The zero-order chi connectivity index (χ0) is 13.8. The zero-order valence-corrected chi connectivity index (χ0v) is 12.8. The van der Waals surface area contributed by atoms with Gasteiger partial charge in [-0.25, -0.2) is 0 Å². The van der Waals surface area contributed by atoms with Gasteiger partial charge in [0.1, 0.15) is 5.75 Å². The molecule has 3 nitrogen and oxygen atoms in total. The lowest BCUT2D eigenvalue weighted by molar-refractivity contribution is 0.241. The second-order valence-corrected chi connectivity index (χ2v) is 5.83. The van der Waals surface area contributed by atoms with Crippen molar-refractivity contribution in [3.63, 3.8) is 0 Å². The van der Waals surface area contributed by atoms with E-state index in [9.17, 15) is 0 Å². The molecular formula is C14H17ClN2OS. The van der Waals surface area contributed by atoms with Crippen LogP contribution in [0.3, 0.4) is 0 Å². The average molecular weight is 297 g/mol. The topological polar surface area (TPSA) is 34.2 Å². The molecule has 2 aromatic heterocycles. The fourth-order valence-corrected chi connectivity index (χ4v) is 3.19. The largest absolute Gasteiger partial charge is 0.489 e. The Morgan fingerprint density at radius 1 is 1.37 bits per heavy atom. The van der Waals surface area contributed by atoms with Crippen LogP contribution >= 0.6 is 22.9 Å². The van der Waals surface area contributed by atoms with Crippen molar-refractivity contribution >= 4 is 22.9 Å². The van der Waals surface area contributed by atoms with Crippen molar-refractivity contribution in [2.45, 2.75) is 26.0 Å². The van der Waals surface area contributed by atoms with Crippen molar-refractivity contribution in [2.24, 2.45) is 0 Å². The van der Waals surface area contributed by atoms with Gasteiger partial charge in [-0.3, -0.25) is 4.98 Å². The predicted octanol–water partition coefficient (Wildman–Crippen LogP) is 3.89.